The lowest BCUT2D eigenvalue weighted by molar-refractivity contribution is -0.141. The Morgan fingerprint density at radius 3 is 2.76 bits per heavy atom. The number of rotatable bonds is 3. The van der Waals surface area contributed by atoms with Crippen molar-refractivity contribution >= 4 is 17.2 Å². The van der Waals surface area contributed by atoms with E-state index in [1.807, 2.05) is 46.6 Å². The summed E-state index contributed by atoms with van der Waals surface area (Å²) in [4.78, 5) is 16.1. The maximum atomic E-state index is 12.7. The second-order valence-electron chi connectivity index (χ2n) is 6.97. The summed E-state index contributed by atoms with van der Waals surface area (Å²) in [5.74, 6) is 0.0556. The molecule has 1 saturated heterocycles. The molecule has 1 atom stereocenters. The van der Waals surface area contributed by atoms with Crippen LogP contribution in [0.15, 0.2) is 41.8 Å². The Kier molecular flexibility index (Phi) is 4.63. The normalized spacial score (nSPS) is 20.3. The predicted octanol–water partition coefficient (Wildman–Crippen LogP) is 2.71. The topological polar surface area (TPSA) is 55.6 Å². The van der Waals surface area contributed by atoms with E-state index < -0.39 is 6.04 Å². The van der Waals surface area contributed by atoms with Gasteiger partial charge in [0.2, 0.25) is 5.91 Å². The fourth-order valence-corrected chi connectivity index (χ4v) is 5.00. The van der Waals surface area contributed by atoms with E-state index in [1.54, 1.807) is 0 Å². The van der Waals surface area contributed by atoms with E-state index in [2.05, 4.69) is 11.4 Å². The van der Waals surface area contributed by atoms with Gasteiger partial charge < -0.3 is 15.4 Å². The van der Waals surface area contributed by atoms with Gasteiger partial charge in [-0.25, -0.2) is 0 Å². The molecule has 2 aliphatic rings. The molecule has 1 spiro atoms. The van der Waals surface area contributed by atoms with Gasteiger partial charge >= 0.3 is 0 Å². The first-order valence-corrected chi connectivity index (χ1v) is 9.85. The maximum Gasteiger partial charge on any atom is 0.239 e. The number of carbonyl (C=O) groups is 1. The molecule has 2 aliphatic heterocycles. The number of nitrogens with two attached hydrogens (primary N) is 1. The van der Waals surface area contributed by atoms with Crippen LogP contribution >= 0.6 is 11.3 Å². The molecular formula is C20H24N2O2S. The quantitative estimate of drug-likeness (QED) is 0.920. The third kappa shape index (κ3) is 3.24. The minimum absolute atomic E-state index is 0.0556. The lowest BCUT2D eigenvalue weighted by atomic mass is 9.82. The van der Waals surface area contributed by atoms with Gasteiger partial charge in [0, 0.05) is 24.4 Å². The second kappa shape index (κ2) is 6.90. The lowest BCUT2D eigenvalue weighted by Crippen LogP contribution is -2.52. The van der Waals surface area contributed by atoms with Gasteiger partial charge in [0.05, 0.1) is 18.2 Å². The van der Waals surface area contributed by atoms with Crippen LogP contribution in [0.5, 0.6) is 0 Å². The molecule has 0 saturated carbocycles. The standard InChI is InChI=1S/C20H24N2O2S/c21-17(14-15-4-2-1-3-5-15)19(23)22-10-8-20(9-11-22)16-7-13-25-18(16)6-12-24-20/h1-5,7,13,17H,6,8-12,14,21H2/t17-/m0/s1. The molecule has 4 rings (SSSR count). The van der Waals surface area contributed by atoms with Crippen molar-refractivity contribution in [1.82, 2.24) is 4.90 Å². The van der Waals surface area contributed by atoms with Crippen LogP contribution in [-0.2, 0) is 28.0 Å². The Bertz CT molecular complexity index is 735. The molecular weight excluding hydrogens is 332 g/mol. The van der Waals surface area contributed by atoms with Crippen molar-refractivity contribution < 1.29 is 9.53 Å². The van der Waals surface area contributed by atoms with E-state index in [-0.39, 0.29) is 11.5 Å². The van der Waals surface area contributed by atoms with Gasteiger partial charge in [-0.05, 0) is 41.8 Å². The SMILES string of the molecule is N[C@@H](Cc1ccccc1)C(=O)N1CCC2(CC1)OCCc1sccc12. The lowest BCUT2D eigenvalue weighted by Gasteiger charge is -2.44. The van der Waals surface area contributed by atoms with E-state index in [9.17, 15) is 4.79 Å². The van der Waals surface area contributed by atoms with E-state index >= 15 is 0 Å². The number of hydrogen-bond acceptors (Lipinski definition) is 4. The Hall–Kier alpha value is -1.69. The van der Waals surface area contributed by atoms with Crippen LogP contribution in [0, 0.1) is 0 Å². The zero-order chi connectivity index (χ0) is 17.3. The van der Waals surface area contributed by atoms with Gasteiger partial charge in [0.15, 0.2) is 0 Å². The van der Waals surface area contributed by atoms with Crippen molar-refractivity contribution in [3.05, 3.63) is 57.8 Å². The summed E-state index contributed by atoms with van der Waals surface area (Å²) >= 11 is 1.83. The van der Waals surface area contributed by atoms with Crippen LogP contribution in [0.25, 0.3) is 0 Å². The number of benzene rings is 1. The highest BCUT2D eigenvalue weighted by Gasteiger charge is 2.42. The van der Waals surface area contributed by atoms with Gasteiger partial charge in [-0.1, -0.05) is 30.3 Å². The molecule has 3 heterocycles. The number of likely N-dealkylation sites (tertiary alicyclic amines) is 1. The first-order valence-electron chi connectivity index (χ1n) is 8.97. The molecule has 1 amide bonds. The molecule has 132 valence electrons. The fraction of sp³-hybridized carbons (Fsp3) is 0.450. The number of hydrogen-bond donors (Lipinski definition) is 1. The monoisotopic (exact) mass is 356 g/mol. The molecule has 1 fully saturated rings. The zero-order valence-corrected chi connectivity index (χ0v) is 15.1. The first kappa shape index (κ1) is 16.8. The first-order chi connectivity index (χ1) is 12.2. The molecule has 2 aromatic rings. The molecule has 1 aromatic heterocycles. The number of carbonyl (C=O) groups excluding carboxylic acids is 1. The third-order valence-corrected chi connectivity index (χ3v) is 6.42. The molecule has 4 nitrogen and oxygen atoms in total. The van der Waals surface area contributed by atoms with Crippen molar-refractivity contribution in [3.63, 3.8) is 0 Å². The molecule has 0 aliphatic carbocycles. The summed E-state index contributed by atoms with van der Waals surface area (Å²) in [5.41, 5.74) is 8.46. The number of nitrogens with zero attached hydrogens (tertiary/aromatic N) is 1. The number of thiophene rings is 1. The fourth-order valence-electron chi connectivity index (χ4n) is 4.05. The molecule has 1 aromatic carbocycles. The Balaban J connectivity index is 1.40. The molecule has 5 heteroatoms. The number of ether oxygens (including phenoxy) is 1. The van der Waals surface area contributed by atoms with Crippen molar-refractivity contribution in [2.75, 3.05) is 19.7 Å². The number of piperidine rings is 1. The summed E-state index contributed by atoms with van der Waals surface area (Å²) in [5, 5.41) is 2.16. The summed E-state index contributed by atoms with van der Waals surface area (Å²) < 4.78 is 6.21. The van der Waals surface area contributed by atoms with Crippen LogP contribution in [0.1, 0.15) is 28.8 Å². The van der Waals surface area contributed by atoms with E-state index in [1.165, 1.54) is 10.4 Å². The van der Waals surface area contributed by atoms with Crippen LogP contribution in [0.2, 0.25) is 0 Å². The predicted molar refractivity (Wildman–Crippen MR) is 99.6 cm³/mol. The minimum Gasteiger partial charge on any atom is -0.370 e. The van der Waals surface area contributed by atoms with E-state index in [0.29, 0.717) is 6.42 Å². The molecule has 0 bridgehead atoms. The van der Waals surface area contributed by atoms with Gasteiger partial charge in [0.1, 0.15) is 0 Å². The van der Waals surface area contributed by atoms with Crippen molar-refractivity contribution in [1.29, 1.82) is 0 Å². The van der Waals surface area contributed by atoms with Crippen LogP contribution in [0.3, 0.4) is 0 Å². The largest absolute Gasteiger partial charge is 0.370 e. The third-order valence-electron chi connectivity index (χ3n) is 5.44. The van der Waals surface area contributed by atoms with Crippen molar-refractivity contribution in [2.45, 2.75) is 37.3 Å². The van der Waals surface area contributed by atoms with Crippen LogP contribution in [0.4, 0.5) is 0 Å². The summed E-state index contributed by atoms with van der Waals surface area (Å²) in [7, 11) is 0. The molecule has 0 unspecified atom stereocenters. The Morgan fingerprint density at radius 1 is 1.24 bits per heavy atom. The Morgan fingerprint density at radius 2 is 2.00 bits per heavy atom. The second-order valence-corrected chi connectivity index (χ2v) is 7.97. The smallest absolute Gasteiger partial charge is 0.239 e. The summed E-state index contributed by atoms with van der Waals surface area (Å²) in [6.07, 6.45) is 3.33. The minimum atomic E-state index is -0.472. The Labute approximate surface area is 152 Å². The average Bonchev–Trinajstić information content (AvgIpc) is 3.13. The maximum absolute atomic E-state index is 12.7. The molecule has 2 N–H and O–H groups in total. The zero-order valence-electron chi connectivity index (χ0n) is 14.3. The highest BCUT2D eigenvalue weighted by molar-refractivity contribution is 7.10. The average molecular weight is 356 g/mol. The van der Waals surface area contributed by atoms with Gasteiger partial charge in [-0.3, -0.25) is 4.79 Å². The van der Waals surface area contributed by atoms with Crippen molar-refractivity contribution in [2.24, 2.45) is 5.73 Å². The summed E-state index contributed by atoms with van der Waals surface area (Å²) in [6, 6.07) is 11.7. The number of fused-ring (bicyclic) bond motifs is 2. The van der Waals surface area contributed by atoms with Crippen LogP contribution in [-0.4, -0.2) is 36.5 Å². The van der Waals surface area contributed by atoms with E-state index in [0.717, 1.165) is 44.5 Å². The van der Waals surface area contributed by atoms with Crippen LogP contribution < -0.4 is 5.73 Å². The van der Waals surface area contributed by atoms with Gasteiger partial charge in [-0.2, -0.15) is 0 Å². The van der Waals surface area contributed by atoms with Gasteiger partial charge in [0.25, 0.3) is 0 Å². The van der Waals surface area contributed by atoms with Crippen molar-refractivity contribution in [3.8, 4) is 0 Å². The number of amides is 1. The summed E-state index contributed by atoms with van der Waals surface area (Å²) in [6.45, 7) is 2.22. The highest BCUT2D eigenvalue weighted by atomic mass is 32.1. The highest BCUT2D eigenvalue weighted by Crippen LogP contribution is 2.43. The molecule has 0 radical (unpaired) electrons. The van der Waals surface area contributed by atoms with E-state index in [4.69, 9.17) is 10.5 Å². The molecule has 25 heavy (non-hydrogen) atoms. The van der Waals surface area contributed by atoms with Gasteiger partial charge in [-0.15, -0.1) is 11.3 Å².